The van der Waals surface area contributed by atoms with E-state index in [1.807, 2.05) is 52.2 Å². The summed E-state index contributed by atoms with van der Waals surface area (Å²) < 4.78 is 9.48. The number of halogens is 1. The number of aryl methyl sites for hydroxylation is 1. The lowest BCUT2D eigenvalue weighted by atomic mass is 9.65. The molecule has 2 bridgehead atoms. The highest BCUT2D eigenvalue weighted by Crippen LogP contribution is 2.50. The Labute approximate surface area is 438 Å². The summed E-state index contributed by atoms with van der Waals surface area (Å²) in [6.07, 6.45) is 14.0. The molecule has 4 aromatic heterocycles. The smallest absolute Gasteiger partial charge is 0.284 e. The van der Waals surface area contributed by atoms with E-state index in [1.165, 1.54) is 22.5 Å². The molecule has 4 N–H and O–H groups in total. The largest absolute Gasteiger partial charge is 0.373 e. The van der Waals surface area contributed by atoms with Gasteiger partial charge in [-0.15, -0.1) is 10.2 Å². The molecular weight excluding hydrogens is 984 g/mol. The minimum atomic E-state index is -1.01. The summed E-state index contributed by atoms with van der Waals surface area (Å²) in [5, 5.41) is 14.0. The van der Waals surface area contributed by atoms with Crippen LogP contribution in [0.1, 0.15) is 77.5 Å². The molecule has 6 aromatic rings. The number of aromatic amines is 1. The Hall–Kier alpha value is -5.48. The Morgan fingerprint density at radius 3 is 2.36 bits per heavy atom. The van der Waals surface area contributed by atoms with Gasteiger partial charge in [0, 0.05) is 114 Å². The summed E-state index contributed by atoms with van der Waals surface area (Å²) in [6.45, 7) is 11.0. The Balaban J connectivity index is 0.615. The molecule has 6 aliphatic rings. The van der Waals surface area contributed by atoms with Crippen LogP contribution in [0.3, 0.4) is 0 Å². The number of anilines is 1. The van der Waals surface area contributed by atoms with E-state index >= 15 is 0 Å². The average Bonchev–Trinajstić information content (AvgIpc) is 4.25. The van der Waals surface area contributed by atoms with Gasteiger partial charge >= 0.3 is 0 Å². The number of aromatic nitrogens is 7. The maximum absolute atomic E-state index is 14.3. The van der Waals surface area contributed by atoms with E-state index in [1.54, 1.807) is 30.6 Å². The summed E-state index contributed by atoms with van der Waals surface area (Å²) >= 11 is 9.26. The van der Waals surface area contributed by atoms with Crippen molar-refractivity contribution in [3.63, 3.8) is 0 Å². The number of benzene rings is 2. The molecule has 2 aromatic carbocycles. The van der Waals surface area contributed by atoms with Crippen LogP contribution in [0.5, 0.6) is 0 Å². The standard InChI is InChI=1S/C52H63ClN14O4S2/c1-36-30-40(67-21-17-55-35-67)7-4-38(36)31-72-49-61-60-45(73-49)46(68)65-26-24-63(25-27-65)32-51-12-10-50(11-13-51,33-71-51)48(70)66-28-22-62(23-29-66)18-9-42(37-2-5-39(53)6-3-37)59-47(69)52(54)14-19-64(20-15-52)44-41-8-16-56-43(41)57-34-58-44/h2-8,16-17,21,30,34-35,42H,9-15,18-20,22-29,31-33,54H2,1H3,(H,59,69)(H,56,57,58)/t42-,50?,51?/m0/s1. The van der Waals surface area contributed by atoms with E-state index in [9.17, 15) is 14.4 Å². The monoisotopic (exact) mass is 1050 g/mol. The van der Waals surface area contributed by atoms with Gasteiger partial charge in [-0.05, 0) is 98.9 Å². The molecule has 21 heteroatoms. The van der Waals surface area contributed by atoms with Crippen LogP contribution < -0.4 is 16.0 Å². The molecule has 9 heterocycles. The van der Waals surface area contributed by atoms with E-state index in [0.29, 0.717) is 75.2 Å². The second-order valence-electron chi connectivity index (χ2n) is 20.6. The quantitative estimate of drug-likeness (QED) is 0.105. The number of piperidine rings is 1. The van der Waals surface area contributed by atoms with Gasteiger partial charge in [-0.2, -0.15) is 0 Å². The number of carbonyl (C=O) groups excluding carboxylic acids is 3. The Morgan fingerprint density at radius 1 is 0.890 bits per heavy atom. The first-order valence-electron chi connectivity index (χ1n) is 25.5. The molecule has 1 aliphatic carbocycles. The van der Waals surface area contributed by atoms with E-state index in [4.69, 9.17) is 22.1 Å². The summed E-state index contributed by atoms with van der Waals surface area (Å²) in [5.41, 5.74) is 10.4. The summed E-state index contributed by atoms with van der Waals surface area (Å²) in [4.78, 5) is 69.0. The minimum absolute atomic E-state index is 0.0586. The normalized spacial score (nSPS) is 23.0. The third kappa shape index (κ3) is 10.6. The van der Waals surface area contributed by atoms with Crippen LogP contribution in [0.2, 0.25) is 5.02 Å². The van der Waals surface area contributed by atoms with Crippen LogP contribution in [0.4, 0.5) is 5.82 Å². The number of hydrogen-bond donors (Lipinski definition) is 3. The summed E-state index contributed by atoms with van der Waals surface area (Å²) in [7, 11) is 0. The zero-order valence-corrected chi connectivity index (χ0v) is 43.6. The fraction of sp³-hybridized carbons (Fsp3) is 0.500. The lowest BCUT2D eigenvalue weighted by Crippen LogP contribution is -2.63. The first kappa shape index (κ1) is 49.7. The van der Waals surface area contributed by atoms with Crippen molar-refractivity contribution in [1.29, 1.82) is 0 Å². The van der Waals surface area contributed by atoms with E-state index < -0.39 is 11.0 Å². The molecule has 18 nitrogen and oxygen atoms in total. The van der Waals surface area contributed by atoms with Crippen LogP contribution in [-0.2, 0) is 20.1 Å². The third-order valence-electron chi connectivity index (χ3n) is 16.2. The molecule has 1 saturated carbocycles. The van der Waals surface area contributed by atoms with Gasteiger partial charge in [0.15, 0.2) is 4.34 Å². The number of piperazine rings is 2. The number of nitrogens with zero attached hydrogens (tertiary/aromatic N) is 11. The van der Waals surface area contributed by atoms with E-state index in [0.717, 1.165) is 103 Å². The van der Waals surface area contributed by atoms with Gasteiger partial charge in [0.05, 0.1) is 40.9 Å². The van der Waals surface area contributed by atoms with E-state index in [-0.39, 0.29) is 29.4 Å². The molecule has 0 unspecified atom stereocenters. The number of fused-ring (bicyclic) bond motifs is 4. The van der Waals surface area contributed by atoms with Gasteiger partial charge in [-0.3, -0.25) is 24.2 Å². The topological polar surface area (TPSA) is 200 Å². The van der Waals surface area contributed by atoms with Crippen molar-refractivity contribution in [3.05, 3.63) is 106 Å². The number of H-pyrrole nitrogens is 1. The Morgan fingerprint density at radius 2 is 1.64 bits per heavy atom. The number of ether oxygens (including phenoxy) is 1. The summed E-state index contributed by atoms with van der Waals surface area (Å²) in [6, 6.07) is 15.8. The molecule has 5 aliphatic heterocycles. The number of nitrogens with two attached hydrogens (primary N) is 1. The maximum Gasteiger partial charge on any atom is 0.284 e. The van der Waals surface area contributed by atoms with Gasteiger partial charge in [0.25, 0.3) is 5.91 Å². The number of nitrogens with one attached hydrogen (secondary N) is 2. The summed E-state index contributed by atoms with van der Waals surface area (Å²) in [5.74, 6) is 1.61. The molecule has 3 amide bonds. The lowest BCUT2D eigenvalue weighted by Gasteiger charge is -2.55. The highest BCUT2D eigenvalue weighted by atomic mass is 35.5. The first-order chi connectivity index (χ1) is 35.4. The Kier molecular flexibility index (Phi) is 14.3. The molecule has 12 rings (SSSR count). The van der Waals surface area contributed by atoms with Gasteiger partial charge in [-0.25, -0.2) is 15.0 Å². The third-order valence-corrected chi connectivity index (χ3v) is 18.5. The Bertz CT molecular complexity index is 2880. The fourth-order valence-corrected chi connectivity index (χ4v) is 13.4. The molecule has 1 atom stereocenters. The zero-order valence-electron chi connectivity index (χ0n) is 41.3. The van der Waals surface area contributed by atoms with Crippen molar-refractivity contribution in [2.75, 3.05) is 90.0 Å². The van der Waals surface area contributed by atoms with Crippen LogP contribution in [-0.4, -0.2) is 168 Å². The second-order valence-corrected chi connectivity index (χ2v) is 23.3. The van der Waals surface area contributed by atoms with Crippen molar-refractivity contribution in [2.45, 2.75) is 79.1 Å². The number of carbonyl (C=O) groups is 3. The van der Waals surface area contributed by atoms with Crippen LogP contribution in [0, 0.1) is 12.3 Å². The highest BCUT2D eigenvalue weighted by molar-refractivity contribution is 8.00. The molecule has 5 saturated heterocycles. The number of hydrogen-bond acceptors (Lipinski definition) is 15. The van der Waals surface area contributed by atoms with Crippen molar-refractivity contribution in [1.82, 2.24) is 59.6 Å². The van der Waals surface area contributed by atoms with Gasteiger partial charge in [0.2, 0.25) is 16.8 Å². The fourth-order valence-electron chi connectivity index (χ4n) is 11.4. The van der Waals surface area contributed by atoms with Crippen molar-refractivity contribution < 1.29 is 19.1 Å². The average molecular weight is 1050 g/mol. The van der Waals surface area contributed by atoms with Crippen LogP contribution in [0.25, 0.3) is 16.7 Å². The zero-order chi connectivity index (χ0) is 50.2. The molecular formula is C52H63ClN14O4S2. The van der Waals surface area contributed by atoms with Crippen molar-refractivity contribution >= 4 is 69.3 Å². The predicted octanol–water partition coefficient (Wildman–Crippen LogP) is 5.73. The molecule has 0 radical (unpaired) electrons. The number of rotatable bonds is 15. The van der Waals surface area contributed by atoms with Gasteiger partial charge < -0.3 is 40.0 Å². The van der Waals surface area contributed by atoms with Gasteiger partial charge in [-0.1, -0.05) is 52.9 Å². The molecule has 0 spiro atoms. The highest BCUT2D eigenvalue weighted by Gasteiger charge is 2.55. The van der Waals surface area contributed by atoms with Gasteiger partial charge in [0.1, 0.15) is 17.8 Å². The molecule has 384 valence electrons. The number of thioether (sulfide) groups is 1. The first-order valence-corrected chi connectivity index (χ1v) is 27.7. The molecule has 6 fully saturated rings. The second kappa shape index (κ2) is 21.0. The predicted molar refractivity (Wildman–Crippen MR) is 282 cm³/mol. The van der Waals surface area contributed by atoms with E-state index in [2.05, 4.69) is 80.2 Å². The lowest BCUT2D eigenvalue weighted by molar-refractivity contribution is -0.203. The van der Waals surface area contributed by atoms with Crippen LogP contribution in [0.15, 0.2) is 84.1 Å². The maximum atomic E-state index is 14.3. The van der Waals surface area contributed by atoms with Crippen molar-refractivity contribution in [3.8, 4) is 5.69 Å². The van der Waals surface area contributed by atoms with Crippen LogP contribution >= 0.6 is 34.7 Å². The molecule has 73 heavy (non-hydrogen) atoms. The minimum Gasteiger partial charge on any atom is -0.373 e. The number of imidazole rings is 1. The number of amides is 3. The SMILES string of the molecule is Cc1cc(-n2ccnc2)ccc1CSc1nnc(C(=O)N2CCN(CC34CCC(C(=O)N5CCN(CC[C@H](NC(=O)C6(N)CCN(c7ncnc8[nH]ccc78)CC6)c6ccc(Cl)cc6)CC5)(CC3)CO4)CC2)s1. The van der Waals surface area contributed by atoms with Crippen molar-refractivity contribution in [2.24, 2.45) is 11.1 Å².